The highest BCUT2D eigenvalue weighted by Gasteiger charge is 2.47. The Kier molecular flexibility index (Phi) is 2.87. The molecule has 2 heterocycles. The molecule has 0 saturated carbocycles. The lowest BCUT2D eigenvalue weighted by Gasteiger charge is -2.32. The standard InChI is InChI=1S/C17H19NO3/c1-9-6-7-14-16(11(9)3)21-17(18-14)8-10(2)20-13(5)15(17)12(4)19/h6-8,18H,1-5H3/t17-/m1/s1. The Morgan fingerprint density at radius 3 is 2.57 bits per heavy atom. The molecule has 110 valence electrons. The predicted octanol–water partition coefficient (Wildman–Crippen LogP) is 3.60. The number of anilines is 1. The second kappa shape index (κ2) is 4.38. The summed E-state index contributed by atoms with van der Waals surface area (Å²) in [6, 6.07) is 4.03. The van der Waals surface area contributed by atoms with Crippen LogP contribution in [0.1, 0.15) is 31.9 Å². The summed E-state index contributed by atoms with van der Waals surface area (Å²) >= 11 is 0. The van der Waals surface area contributed by atoms with Gasteiger partial charge in [-0.25, -0.2) is 0 Å². The van der Waals surface area contributed by atoms with Crippen molar-refractivity contribution in [2.75, 3.05) is 5.32 Å². The van der Waals surface area contributed by atoms with E-state index in [9.17, 15) is 4.79 Å². The van der Waals surface area contributed by atoms with E-state index in [1.165, 1.54) is 6.92 Å². The highest BCUT2D eigenvalue weighted by Crippen LogP contribution is 2.46. The van der Waals surface area contributed by atoms with Gasteiger partial charge in [0.05, 0.1) is 5.69 Å². The van der Waals surface area contributed by atoms with Crippen LogP contribution in [0.2, 0.25) is 0 Å². The lowest BCUT2D eigenvalue weighted by Crippen LogP contribution is -2.45. The van der Waals surface area contributed by atoms with E-state index < -0.39 is 5.72 Å². The van der Waals surface area contributed by atoms with Gasteiger partial charge in [0.1, 0.15) is 22.8 Å². The number of ether oxygens (including phenoxy) is 2. The number of allylic oxidation sites excluding steroid dienone is 2. The number of hydrogen-bond donors (Lipinski definition) is 1. The van der Waals surface area contributed by atoms with E-state index in [2.05, 4.69) is 5.32 Å². The van der Waals surface area contributed by atoms with Gasteiger partial charge in [-0.15, -0.1) is 0 Å². The number of nitrogens with one attached hydrogen (secondary N) is 1. The zero-order valence-electron chi connectivity index (χ0n) is 13.0. The normalized spacial score (nSPS) is 23.2. The molecule has 1 aromatic rings. The maximum Gasteiger partial charge on any atom is 0.237 e. The Morgan fingerprint density at radius 1 is 1.19 bits per heavy atom. The molecule has 0 aliphatic carbocycles. The van der Waals surface area contributed by atoms with Crippen molar-refractivity contribution in [2.45, 2.75) is 40.3 Å². The Balaban J connectivity index is 2.16. The maximum absolute atomic E-state index is 12.1. The summed E-state index contributed by atoms with van der Waals surface area (Å²) < 4.78 is 11.8. The molecule has 0 saturated heterocycles. The average Bonchev–Trinajstić information content (AvgIpc) is 2.71. The summed E-state index contributed by atoms with van der Waals surface area (Å²) in [5.41, 5.74) is 2.69. The van der Waals surface area contributed by atoms with Crippen LogP contribution in [0.25, 0.3) is 0 Å². The molecule has 2 aliphatic rings. The molecule has 1 spiro atoms. The summed E-state index contributed by atoms with van der Waals surface area (Å²) in [5.74, 6) is 2.03. The Morgan fingerprint density at radius 2 is 1.90 bits per heavy atom. The van der Waals surface area contributed by atoms with Crippen molar-refractivity contribution < 1.29 is 14.3 Å². The monoisotopic (exact) mass is 285 g/mol. The lowest BCUT2D eigenvalue weighted by molar-refractivity contribution is -0.115. The third-order valence-corrected chi connectivity index (χ3v) is 4.06. The summed E-state index contributed by atoms with van der Waals surface area (Å²) in [4.78, 5) is 12.1. The molecule has 0 radical (unpaired) electrons. The average molecular weight is 285 g/mol. The van der Waals surface area contributed by atoms with Crippen molar-refractivity contribution in [1.29, 1.82) is 0 Å². The molecular weight excluding hydrogens is 266 g/mol. The first-order valence-electron chi connectivity index (χ1n) is 7.01. The minimum Gasteiger partial charge on any atom is -0.466 e. The Hall–Kier alpha value is -2.23. The van der Waals surface area contributed by atoms with Gasteiger partial charge in [0.2, 0.25) is 5.72 Å². The number of fused-ring (bicyclic) bond motifs is 1. The van der Waals surface area contributed by atoms with Crippen LogP contribution in [0.4, 0.5) is 5.69 Å². The van der Waals surface area contributed by atoms with Gasteiger partial charge in [-0.1, -0.05) is 6.07 Å². The van der Waals surface area contributed by atoms with Crippen molar-refractivity contribution in [3.05, 3.63) is 46.4 Å². The van der Waals surface area contributed by atoms with Crippen molar-refractivity contribution in [3.8, 4) is 5.75 Å². The zero-order valence-corrected chi connectivity index (χ0v) is 13.0. The number of hydrogen-bond acceptors (Lipinski definition) is 4. The number of Topliss-reactive ketones (excluding diaryl/α,β-unsaturated/α-hetero) is 1. The van der Waals surface area contributed by atoms with Gasteiger partial charge >= 0.3 is 0 Å². The quantitative estimate of drug-likeness (QED) is 0.856. The summed E-state index contributed by atoms with van der Waals surface area (Å²) in [6.07, 6.45) is 1.82. The van der Waals surface area contributed by atoms with E-state index in [1.54, 1.807) is 6.92 Å². The largest absolute Gasteiger partial charge is 0.466 e. The van der Waals surface area contributed by atoms with Gasteiger partial charge in [0.25, 0.3) is 0 Å². The van der Waals surface area contributed by atoms with Crippen LogP contribution in [0, 0.1) is 13.8 Å². The SMILES string of the molecule is CC(=O)C1=C(C)OC(C)=C[C@]12Nc1ccc(C)c(C)c1O2. The molecular formula is C17H19NO3. The van der Waals surface area contributed by atoms with Crippen LogP contribution in [-0.2, 0) is 9.53 Å². The summed E-state index contributed by atoms with van der Waals surface area (Å²) in [6.45, 7) is 9.25. The first-order chi connectivity index (χ1) is 9.84. The van der Waals surface area contributed by atoms with E-state index in [1.807, 2.05) is 39.0 Å². The zero-order chi connectivity index (χ0) is 15.4. The summed E-state index contributed by atoms with van der Waals surface area (Å²) in [7, 11) is 0. The molecule has 1 aromatic carbocycles. The van der Waals surface area contributed by atoms with Crippen LogP contribution in [0.5, 0.6) is 5.75 Å². The van der Waals surface area contributed by atoms with Crippen molar-refractivity contribution in [2.24, 2.45) is 0 Å². The first kappa shape index (κ1) is 13.7. The third kappa shape index (κ3) is 1.94. The Labute approximate surface area is 124 Å². The maximum atomic E-state index is 12.1. The van der Waals surface area contributed by atoms with E-state index in [0.717, 1.165) is 22.6 Å². The topological polar surface area (TPSA) is 47.6 Å². The smallest absolute Gasteiger partial charge is 0.237 e. The minimum atomic E-state index is -0.959. The van der Waals surface area contributed by atoms with E-state index >= 15 is 0 Å². The molecule has 1 atom stereocenters. The van der Waals surface area contributed by atoms with Gasteiger partial charge in [0.15, 0.2) is 5.78 Å². The first-order valence-corrected chi connectivity index (χ1v) is 7.01. The number of benzene rings is 1. The number of ketones is 1. The molecule has 1 N–H and O–H groups in total. The van der Waals surface area contributed by atoms with Gasteiger partial charge in [-0.05, 0) is 51.8 Å². The van der Waals surface area contributed by atoms with Crippen LogP contribution in [0.3, 0.4) is 0 Å². The number of carbonyl (C=O) groups excluding carboxylic acids is 1. The van der Waals surface area contributed by atoms with Gasteiger partial charge in [0, 0.05) is 6.08 Å². The van der Waals surface area contributed by atoms with Crippen molar-refractivity contribution >= 4 is 11.5 Å². The molecule has 2 aliphatic heterocycles. The highest BCUT2D eigenvalue weighted by molar-refractivity contribution is 5.98. The van der Waals surface area contributed by atoms with Crippen LogP contribution >= 0.6 is 0 Å². The molecule has 0 bridgehead atoms. The Bertz CT molecular complexity index is 715. The van der Waals surface area contributed by atoms with Crippen LogP contribution < -0.4 is 10.1 Å². The third-order valence-electron chi connectivity index (χ3n) is 4.06. The van der Waals surface area contributed by atoms with Gasteiger partial charge < -0.3 is 14.8 Å². The van der Waals surface area contributed by atoms with Crippen LogP contribution in [-0.4, -0.2) is 11.5 Å². The fourth-order valence-corrected chi connectivity index (χ4v) is 3.04. The van der Waals surface area contributed by atoms with Crippen LogP contribution in [0.15, 0.2) is 35.3 Å². The lowest BCUT2D eigenvalue weighted by atomic mass is 9.95. The molecule has 0 fully saturated rings. The van der Waals surface area contributed by atoms with Gasteiger partial charge in [-0.2, -0.15) is 0 Å². The summed E-state index contributed by atoms with van der Waals surface area (Å²) in [5, 5.41) is 3.35. The molecule has 0 unspecified atom stereocenters. The van der Waals surface area contributed by atoms with E-state index in [4.69, 9.17) is 9.47 Å². The second-order valence-electron chi connectivity index (χ2n) is 5.69. The highest BCUT2D eigenvalue weighted by atomic mass is 16.5. The molecule has 3 rings (SSSR count). The fraction of sp³-hybridized carbons (Fsp3) is 0.353. The molecule has 4 heteroatoms. The number of carbonyl (C=O) groups is 1. The van der Waals surface area contributed by atoms with E-state index in [-0.39, 0.29) is 5.78 Å². The predicted molar refractivity (Wildman–Crippen MR) is 81.1 cm³/mol. The van der Waals surface area contributed by atoms with Crippen molar-refractivity contribution in [3.63, 3.8) is 0 Å². The molecule has 0 amide bonds. The second-order valence-corrected chi connectivity index (χ2v) is 5.69. The fourth-order valence-electron chi connectivity index (χ4n) is 3.04. The molecule has 4 nitrogen and oxygen atoms in total. The molecule has 0 aromatic heterocycles. The number of rotatable bonds is 1. The van der Waals surface area contributed by atoms with Crippen molar-refractivity contribution in [1.82, 2.24) is 0 Å². The molecule has 21 heavy (non-hydrogen) atoms. The van der Waals surface area contributed by atoms with Gasteiger partial charge in [-0.3, -0.25) is 4.79 Å². The number of aryl methyl sites for hydroxylation is 1. The minimum absolute atomic E-state index is 0.0640. The van der Waals surface area contributed by atoms with E-state index in [0.29, 0.717) is 17.1 Å².